The van der Waals surface area contributed by atoms with Gasteiger partial charge in [-0.05, 0) is 33.1 Å². The van der Waals surface area contributed by atoms with E-state index in [4.69, 9.17) is 9.84 Å². The molecule has 1 N–H and O–H groups in total. The molecule has 0 aromatic carbocycles. The van der Waals surface area contributed by atoms with Gasteiger partial charge in [0, 0.05) is 44.7 Å². The van der Waals surface area contributed by atoms with Gasteiger partial charge in [-0.1, -0.05) is 0 Å². The zero-order valence-corrected chi connectivity index (χ0v) is 12.1. The predicted molar refractivity (Wildman–Crippen MR) is 71.6 cm³/mol. The molecule has 4 nitrogen and oxygen atoms in total. The molecule has 0 aliphatic carbocycles. The molecule has 0 radical (unpaired) electrons. The number of ether oxygens (including phenoxy) is 1. The molecule has 18 heavy (non-hydrogen) atoms. The highest BCUT2D eigenvalue weighted by Gasteiger charge is 2.38. The van der Waals surface area contributed by atoms with Gasteiger partial charge in [0.1, 0.15) is 5.78 Å². The molecule has 1 aliphatic heterocycles. The van der Waals surface area contributed by atoms with Gasteiger partial charge in [0.25, 0.3) is 0 Å². The first-order valence-corrected chi connectivity index (χ1v) is 6.76. The zero-order valence-electron chi connectivity index (χ0n) is 12.1. The van der Waals surface area contributed by atoms with Gasteiger partial charge in [-0.2, -0.15) is 0 Å². The average Bonchev–Trinajstić information content (AvgIpc) is 2.61. The van der Waals surface area contributed by atoms with E-state index < -0.39 is 0 Å². The Morgan fingerprint density at radius 2 is 2.11 bits per heavy atom. The monoisotopic (exact) mass is 257 g/mol. The van der Waals surface area contributed by atoms with Crippen LogP contribution in [-0.2, 0) is 9.53 Å². The van der Waals surface area contributed by atoms with E-state index in [0.29, 0.717) is 24.8 Å². The predicted octanol–water partition coefficient (Wildman–Crippen LogP) is 1.46. The quantitative estimate of drug-likeness (QED) is 0.783. The van der Waals surface area contributed by atoms with E-state index in [0.717, 1.165) is 19.6 Å². The smallest absolute Gasteiger partial charge is 0.135 e. The van der Waals surface area contributed by atoms with Crippen LogP contribution in [0.3, 0.4) is 0 Å². The molecule has 0 aromatic heterocycles. The zero-order chi connectivity index (χ0) is 13.8. The van der Waals surface area contributed by atoms with E-state index in [1.54, 1.807) is 7.11 Å². The van der Waals surface area contributed by atoms with Crippen molar-refractivity contribution in [2.75, 3.05) is 26.9 Å². The molecule has 2 atom stereocenters. The Bertz CT molecular complexity index is 273. The Morgan fingerprint density at radius 3 is 2.61 bits per heavy atom. The molecule has 0 aromatic rings. The summed E-state index contributed by atoms with van der Waals surface area (Å²) in [6.07, 6.45) is 1.90. The summed E-state index contributed by atoms with van der Waals surface area (Å²) in [5, 5.41) is 8.78. The second-order valence-corrected chi connectivity index (χ2v) is 6.25. The number of Topliss-reactive ketones (excluding diaryl/α,β-unsaturated/α-hetero) is 1. The summed E-state index contributed by atoms with van der Waals surface area (Å²) in [6, 6.07) is 0.405. The minimum absolute atomic E-state index is 0.0317. The summed E-state index contributed by atoms with van der Waals surface area (Å²) in [4.78, 5) is 14.0. The number of likely N-dealkylation sites (tertiary alicyclic amines) is 1. The topological polar surface area (TPSA) is 49.8 Å². The van der Waals surface area contributed by atoms with Gasteiger partial charge in [0.2, 0.25) is 0 Å². The van der Waals surface area contributed by atoms with Gasteiger partial charge in [-0.15, -0.1) is 0 Å². The van der Waals surface area contributed by atoms with Gasteiger partial charge in [0.15, 0.2) is 0 Å². The molecule has 4 heteroatoms. The summed E-state index contributed by atoms with van der Waals surface area (Å²) >= 11 is 0. The second kappa shape index (κ2) is 6.64. The number of rotatable bonds is 6. The van der Waals surface area contributed by atoms with E-state index in [1.165, 1.54) is 0 Å². The number of nitrogens with zero attached hydrogens (tertiary/aromatic N) is 1. The molecule has 0 saturated carbocycles. The number of hydrogen-bond donors (Lipinski definition) is 1. The van der Waals surface area contributed by atoms with Crippen LogP contribution in [-0.4, -0.2) is 54.2 Å². The van der Waals surface area contributed by atoms with Crippen molar-refractivity contribution in [3.63, 3.8) is 0 Å². The number of carbonyl (C=O) groups excluding carboxylic acids is 1. The lowest BCUT2D eigenvalue weighted by molar-refractivity contribution is -0.120. The largest absolute Gasteiger partial charge is 0.396 e. The van der Waals surface area contributed by atoms with Gasteiger partial charge in [0.05, 0.1) is 6.61 Å². The molecule has 0 spiro atoms. The summed E-state index contributed by atoms with van der Waals surface area (Å²) in [6.45, 7) is 8.25. The maximum Gasteiger partial charge on any atom is 0.135 e. The fraction of sp³-hybridized carbons (Fsp3) is 0.929. The van der Waals surface area contributed by atoms with Gasteiger partial charge >= 0.3 is 0 Å². The van der Waals surface area contributed by atoms with E-state index in [9.17, 15) is 4.79 Å². The van der Waals surface area contributed by atoms with Gasteiger partial charge in [-0.25, -0.2) is 0 Å². The lowest BCUT2D eigenvalue weighted by Crippen LogP contribution is -2.46. The molecule has 1 saturated heterocycles. The van der Waals surface area contributed by atoms with E-state index in [2.05, 4.69) is 25.7 Å². The van der Waals surface area contributed by atoms with Crippen LogP contribution in [0.1, 0.15) is 40.0 Å². The highest BCUT2D eigenvalue weighted by molar-refractivity contribution is 5.78. The molecule has 1 aliphatic rings. The first-order chi connectivity index (χ1) is 8.38. The number of aliphatic hydroxyl groups is 1. The minimum Gasteiger partial charge on any atom is -0.396 e. The second-order valence-electron chi connectivity index (χ2n) is 6.25. The highest BCUT2D eigenvalue weighted by atomic mass is 16.5. The molecule has 1 rings (SSSR count). The maximum absolute atomic E-state index is 11.6. The Kier molecular flexibility index (Phi) is 5.76. The third-order valence-electron chi connectivity index (χ3n) is 3.63. The van der Waals surface area contributed by atoms with E-state index in [1.807, 2.05) is 0 Å². The standard InChI is InChI=1S/C14H27NO3/c1-14(2,3)15-9-11(7-12(15)10-18-4)8-13(17)5-6-16/h11-12,16H,5-10H2,1-4H3/t11-,12?/m0/s1. The molecule has 0 amide bonds. The Balaban J connectivity index is 2.58. The SMILES string of the molecule is COCC1C[C@@H](CC(=O)CCO)CN1C(C)(C)C. The van der Waals surface area contributed by atoms with Crippen molar-refractivity contribution in [3.05, 3.63) is 0 Å². The van der Waals surface area contributed by atoms with Crippen molar-refractivity contribution >= 4 is 5.78 Å². The number of ketones is 1. The fourth-order valence-corrected chi connectivity index (χ4v) is 2.88. The van der Waals surface area contributed by atoms with Gasteiger partial charge in [-0.3, -0.25) is 9.69 Å². The summed E-state index contributed by atoms with van der Waals surface area (Å²) in [5.41, 5.74) is 0.109. The van der Waals surface area contributed by atoms with Crippen molar-refractivity contribution in [3.8, 4) is 0 Å². The molecular weight excluding hydrogens is 230 g/mol. The summed E-state index contributed by atoms with van der Waals surface area (Å²) in [5.74, 6) is 0.581. The number of aliphatic hydroxyl groups excluding tert-OH is 1. The first-order valence-electron chi connectivity index (χ1n) is 6.76. The average molecular weight is 257 g/mol. The van der Waals surface area contributed by atoms with E-state index in [-0.39, 0.29) is 17.9 Å². The van der Waals surface area contributed by atoms with Crippen molar-refractivity contribution in [1.82, 2.24) is 4.90 Å². The lowest BCUT2D eigenvalue weighted by atomic mass is 9.98. The molecule has 1 heterocycles. The third kappa shape index (κ3) is 4.34. The van der Waals surface area contributed by atoms with Crippen molar-refractivity contribution in [2.24, 2.45) is 5.92 Å². The maximum atomic E-state index is 11.6. The molecule has 106 valence electrons. The van der Waals surface area contributed by atoms with Crippen LogP contribution in [0.5, 0.6) is 0 Å². The lowest BCUT2D eigenvalue weighted by Gasteiger charge is -2.36. The minimum atomic E-state index is -0.0317. The summed E-state index contributed by atoms with van der Waals surface area (Å²) < 4.78 is 5.29. The van der Waals surface area contributed by atoms with Crippen LogP contribution >= 0.6 is 0 Å². The Hall–Kier alpha value is -0.450. The fourth-order valence-electron chi connectivity index (χ4n) is 2.88. The molecule has 1 unspecified atom stereocenters. The molecule has 1 fully saturated rings. The summed E-state index contributed by atoms with van der Waals surface area (Å²) in [7, 11) is 1.73. The van der Waals surface area contributed by atoms with Gasteiger partial charge < -0.3 is 9.84 Å². The normalized spacial score (nSPS) is 25.6. The van der Waals surface area contributed by atoms with Crippen LogP contribution in [0, 0.1) is 5.92 Å². The van der Waals surface area contributed by atoms with Crippen LogP contribution in [0.2, 0.25) is 0 Å². The van der Waals surface area contributed by atoms with Crippen LogP contribution in [0.4, 0.5) is 0 Å². The third-order valence-corrected chi connectivity index (χ3v) is 3.63. The Labute approximate surface area is 110 Å². The van der Waals surface area contributed by atoms with Crippen LogP contribution in [0.15, 0.2) is 0 Å². The van der Waals surface area contributed by atoms with Crippen LogP contribution in [0.25, 0.3) is 0 Å². The van der Waals surface area contributed by atoms with Crippen LogP contribution < -0.4 is 0 Å². The number of hydrogen-bond acceptors (Lipinski definition) is 4. The van der Waals surface area contributed by atoms with Crippen molar-refractivity contribution < 1.29 is 14.6 Å². The number of methoxy groups -OCH3 is 1. The first kappa shape index (κ1) is 15.6. The highest BCUT2D eigenvalue weighted by Crippen LogP contribution is 2.32. The number of carbonyl (C=O) groups is 1. The van der Waals surface area contributed by atoms with E-state index >= 15 is 0 Å². The van der Waals surface area contributed by atoms with Crippen molar-refractivity contribution in [1.29, 1.82) is 0 Å². The Morgan fingerprint density at radius 1 is 1.44 bits per heavy atom. The van der Waals surface area contributed by atoms with Crippen molar-refractivity contribution in [2.45, 2.75) is 51.6 Å². The molecular formula is C14H27NO3. The molecule has 0 bridgehead atoms.